The van der Waals surface area contributed by atoms with Gasteiger partial charge in [-0.2, -0.15) is 0 Å². The summed E-state index contributed by atoms with van der Waals surface area (Å²) >= 11 is 0. The van der Waals surface area contributed by atoms with Crippen LogP contribution in [-0.2, 0) is 43.4 Å². The molecule has 0 heterocycles. The van der Waals surface area contributed by atoms with Crippen LogP contribution < -0.4 is 0 Å². The first-order valence-corrected chi connectivity index (χ1v) is 13.4. The third-order valence-corrected chi connectivity index (χ3v) is 7.00. The molecule has 1 aliphatic rings. The summed E-state index contributed by atoms with van der Waals surface area (Å²) < 4.78 is 25.5. The second-order valence-electron chi connectivity index (χ2n) is 9.81. The van der Waals surface area contributed by atoms with E-state index in [-0.39, 0.29) is 37.4 Å². The molecule has 0 saturated carbocycles. The minimum atomic E-state index is -1.13. The molecule has 9 heteroatoms. The number of Topliss-reactive ketones (excluding diaryl/α,β-unsaturated/α-hetero) is 1. The van der Waals surface area contributed by atoms with Crippen molar-refractivity contribution in [1.82, 2.24) is 0 Å². The monoisotopic (exact) mass is 557 g/mol. The van der Waals surface area contributed by atoms with Gasteiger partial charge in [0, 0.05) is 29.2 Å². The molecule has 5 atom stereocenters. The number of ketones is 1. The van der Waals surface area contributed by atoms with Crippen LogP contribution in [0.2, 0.25) is 0 Å². The summed E-state index contributed by atoms with van der Waals surface area (Å²) in [5.74, 6) is -1.72. The Balaban J connectivity index is 1.78. The summed E-state index contributed by atoms with van der Waals surface area (Å²) in [5.41, 5.74) is 12.2. The van der Waals surface area contributed by atoms with Gasteiger partial charge < -0.3 is 19.3 Å². The molecule has 1 aliphatic carbocycles. The summed E-state index contributed by atoms with van der Waals surface area (Å²) in [4.78, 5) is 29.7. The van der Waals surface area contributed by atoms with Crippen LogP contribution in [0.25, 0.3) is 10.4 Å². The van der Waals surface area contributed by atoms with Gasteiger partial charge in [0.2, 0.25) is 1.43 Å². The van der Waals surface area contributed by atoms with E-state index in [1.165, 1.54) is 7.11 Å². The highest BCUT2D eigenvalue weighted by atomic mass is 16.5. The van der Waals surface area contributed by atoms with E-state index in [0.29, 0.717) is 0 Å². The minimum absolute atomic E-state index is 0.00470. The Morgan fingerprint density at radius 1 is 0.951 bits per heavy atom. The molecule has 0 bridgehead atoms. The van der Waals surface area contributed by atoms with Crippen molar-refractivity contribution >= 4 is 11.8 Å². The van der Waals surface area contributed by atoms with E-state index in [1.54, 1.807) is 6.08 Å². The standard InChI is InChI=1S/C32H33N3O6/c1-39-32(38)25-18-26(29(34-35-33)27(36)19-25)30(40-20-23-13-7-3-8-14-23)31(41-21-24-15-9-4-10-16-24)28(37)17-22-11-5-2-6-12-22/h2-16,18,26-27,29-31,36H,17,19-21H2,1H3/t26-,27-,29+,30?,31?/m1/s1/i36T. The molecule has 3 aromatic rings. The van der Waals surface area contributed by atoms with Crippen LogP contribution in [-0.4, -0.2) is 49.8 Å². The normalized spacial score (nSPS) is 20.1. The van der Waals surface area contributed by atoms with Crippen LogP contribution in [0.15, 0.2) is 108 Å². The molecule has 2 unspecified atom stereocenters. The molecule has 212 valence electrons. The Morgan fingerprint density at radius 2 is 1.51 bits per heavy atom. The van der Waals surface area contributed by atoms with Crippen molar-refractivity contribution < 1.29 is 28.9 Å². The van der Waals surface area contributed by atoms with Crippen LogP contribution >= 0.6 is 0 Å². The van der Waals surface area contributed by atoms with Crippen molar-refractivity contribution in [2.75, 3.05) is 7.11 Å². The van der Waals surface area contributed by atoms with Gasteiger partial charge in [-0.15, -0.1) is 0 Å². The lowest BCUT2D eigenvalue weighted by molar-refractivity contribution is -0.151. The fraction of sp³-hybridized carbons (Fsp3) is 0.312. The van der Waals surface area contributed by atoms with Crippen LogP contribution in [0.1, 0.15) is 23.1 Å². The van der Waals surface area contributed by atoms with Crippen molar-refractivity contribution in [3.05, 3.63) is 130 Å². The summed E-state index contributed by atoms with van der Waals surface area (Å²) in [6.07, 6.45) is -1.46. The molecule has 9 nitrogen and oxygen atoms in total. The van der Waals surface area contributed by atoms with Crippen LogP contribution in [0.5, 0.6) is 0 Å². The number of esters is 1. The average Bonchev–Trinajstić information content (AvgIpc) is 3.03. The summed E-state index contributed by atoms with van der Waals surface area (Å²) in [7, 11) is 1.26. The number of hydrogen-bond donors (Lipinski definition) is 1. The molecule has 0 amide bonds. The number of benzene rings is 3. The first-order chi connectivity index (χ1) is 20.5. The van der Waals surface area contributed by atoms with Crippen molar-refractivity contribution in [3.63, 3.8) is 0 Å². The number of carbonyl (C=O) groups is 2. The number of carbonyl (C=O) groups excluding carboxylic acids is 2. The summed E-state index contributed by atoms with van der Waals surface area (Å²) in [6.45, 7) is 0.227. The Morgan fingerprint density at radius 3 is 2.05 bits per heavy atom. The van der Waals surface area contributed by atoms with Gasteiger partial charge in [0.25, 0.3) is 0 Å². The van der Waals surface area contributed by atoms with Crippen molar-refractivity contribution in [3.8, 4) is 0 Å². The lowest BCUT2D eigenvalue weighted by Crippen LogP contribution is -2.50. The maximum absolute atomic E-state index is 14.0. The van der Waals surface area contributed by atoms with E-state index in [1.807, 2.05) is 91.0 Å². The largest absolute Gasteiger partial charge is 0.466 e. The highest BCUT2D eigenvalue weighted by molar-refractivity contribution is 5.89. The van der Waals surface area contributed by atoms with Gasteiger partial charge >= 0.3 is 5.97 Å². The smallest absolute Gasteiger partial charge is 0.333 e. The predicted octanol–water partition coefficient (Wildman–Crippen LogP) is 5.13. The van der Waals surface area contributed by atoms with Crippen LogP contribution in [0.4, 0.5) is 0 Å². The van der Waals surface area contributed by atoms with Crippen LogP contribution in [0.3, 0.4) is 0 Å². The van der Waals surface area contributed by atoms with Gasteiger partial charge in [-0.25, -0.2) is 4.79 Å². The Kier molecular flexibility index (Phi) is 10.3. The molecule has 1 N–H and O–H groups in total. The fourth-order valence-corrected chi connectivity index (χ4v) is 4.96. The topological polar surface area (TPSA) is 131 Å². The van der Waals surface area contributed by atoms with Gasteiger partial charge in [0.15, 0.2) is 5.78 Å². The maximum atomic E-state index is 14.0. The SMILES string of the molecule is [3H]O[C@@H]1CC(C(=O)OC)=C[C@@H](C(OCc2ccccc2)C(OCc2ccccc2)C(=O)Cc2ccccc2)[C@@H]1N=[N+]=[N-]. The molecule has 0 spiro atoms. The highest BCUT2D eigenvalue weighted by Gasteiger charge is 2.44. The van der Waals surface area contributed by atoms with Crippen molar-refractivity contribution in [1.29, 1.82) is 1.43 Å². The number of ether oxygens (including phenoxy) is 3. The van der Waals surface area contributed by atoms with E-state index in [9.17, 15) is 15.1 Å². The minimum Gasteiger partial charge on any atom is -0.466 e. The summed E-state index contributed by atoms with van der Waals surface area (Å²) in [6, 6.07) is 27.2. The second kappa shape index (κ2) is 14.9. The van der Waals surface area contributed by atoms with Crippen LogP contribution in [0, 0.1) is 5.92 Å². The molecule has 4 rings (SSSR count). The average molecular weight is 558 g/mol. The predicted molar refractivity (Wildman–Crippen MR) is 152 cm³/mol. The molecule has 0 aromatic heterocycles. The number of nitrogens with zero attached hydrogens (tertiary/aromatic N) is 3. The molecule has 41 heavy (non-hydrogen) atoms. The lowest BCUT2D eigenvalue weighted by Gasteiger charge is -2.38. The summed E-state index contributed by atoms with van der Waals surface area (Å²) in [5, 5.41) is 8.89. The third kappa shape index (κ3) is 8.13. The van der Waals surface area contributed by atoms with Gasteiger partial charge in [-0.1, -0.05) is 102 Å². The lowest BCUT2D eigenvalue weighted by atomic mass is 9.78. The van der Waals surface area contributed by atoms with E-state index in [4.69, 9.17) is 20.8 Å². The first-order valence-electron chi connectivity index (χ1n) is 13.8. The molecule has 3 aromatic carbocycles. The van der Waals surface area contributed by atoms with E-state index < -0.39 is 36.2 Å². The molecule has 0 fully saturated rings. The van der Waals surface area contributed by atoms with Gasteiger partial charge in [-0.3, -0.25) is 4.79 Å². The van der Waals surface area contributed by atoms with Gasteiger partial charge in [0.05, 0.1) is 38.6 Å². The number of rotatable bonds is 14. The number of hydrogen-bond acceptors (Lipinski definition) is 7. The maximum Gasteiger partial charge on any atom is 0.333 e. The van der Waals surface area contributed by atoms with E-state index in [2.05, 4.69) is 10.0 Å². The number of aliphatic hydroxyl groups is 1. The van der Waals surface area contributed by atoms with Gasteiger partial charge in [-0.05, 0) is 22.2 Å². The second-order valence-corrected chi connectivity index (χ2v) is 9.81. The zero-order valence-electron chi connectivity index (χ0n) is 23.7. The Labute approximate surface area is 240 Å². The van der Waals surface area contributed by atoms with Crippen molar-refractivity contribution in [2.24, 2.45) is 11.0 Å². The van der Waals surface area contributed by atoms with Crippen molar-refractivity contribution in [2.45, 2.75) is 50.4 Å². The van der Waals surface area contributed by atoms with E-state index in [0.717, 1.165) is 16.7 Å². The quantitative estimate of drug-likeness (QED) is 0.127. The molecule has 0 aliphatic heterocycles. The molecular formula is C32H33N3O6. The molecular weight excluding hydrogens is 522 g/mol. The number of azide groups is 1. The van der Waals surface area contributed by atoms with Gasteiger partial charge in [0.1, 0.15) is 6.10 Å². The number of methoxy groups -OCH3 is 1. The third-order valence-electron chi connectivity index (χ3n) is 7.00. The zero-order valence-corrected chi connectivity index (χ0v) is 22.7. The fourth-order valence-electron chi connectivity index (χ4n) is 4.96. The van der Waals surface area contributed by atoms with E-state index >= 15 is 0 Å². The number of aliphatic hydroxyl groups excluding tert-OH is 1. The Bertz CT molecular complexity index is 1380. The zero-order chi connectivity index (χ0) is 29.7. The molecule has 0 radical (unpaired) electrons. The molecule has 0 saturated heterocycles. The first kappa shape index (κ1) is 28.3. The highest BCUT2D eigenvalue weighted by Crippen LogP contribution is 2.34. The Hall–Kier alpha value is -4.27.